The zero-order valence-electron chi connectivity index (χ0n) is 13.2. The largest absolute Gasteiger partial charge is 0.375 e. The van der Waals surface area contributed by atoms with Gasteiger partial charge < -0.3 is 10.1 Å². The van der Waals surface area contributed by atoms with Crippen molar-refractivity contribution < 1.29 is 4.74 Å². The summed E-state index contributed by atoms with van der Waals surface area (Å²) in [6.07, 6.45) is 10.3. The predicted molar refractivity (Wildman–Crippen MR) is 85.5 cm³/mol. The molecule has 114 valence electrons. The summed E-state index contributed by atoms with van der Waals surface area (Å²) in [5.74, 6) is 0.725. The van der Waals surface area contributed by atoms with E-state index in [9.17, 15) is 0 Å². The van der Waals surface area contributed by atoms with E-state index in [-0.39, 0.29) is 5.60 Å². The van der Waals surface area contributed by atoms with Crippen molar-refractivity contribution in [2.45, 2.75) is 63.0 Å². The monoisotopic (exact) mass is 285 g/mol. The van der Waals surface area contributed by atoms with Crippen LogP contribution in [0.15, 0.2) is 18.2 Å². The van der Waals surface area contributed by atoms with Gasteiger partial charge in [-0.1, -0.05) is 18.2 Å². The highest BCUT2D eigenvalue weighted by atomic mass is 16.5. The number of hydrogen-bond acceptors (Lipinski definition) is 2. The Morgan fingerprint density at radius 2 is 2.05 bits per heavy atom. The normalized spacial score (nSPS) is 28.1. The zero-order valence-corrected chi connectivity index (χ0v) is 13.2. The molecule has 2 atom stereocenters. The molecular weight excluding hydrogens is 258 g/mol. The lowest BCUT2D eigenvalue weighted by Crippen LogP contribution is -2.47. The van der Waals surface area contributed by atoms with Crippen molar-refractivity contribution in [3.05, 3.63) is 34.9 Å². The minimum absolute atomic E-state index is 0.245. The van der Waals surface area contributed by atoms with Gasteiger partial charge in [0.25, 0.3) is 0 Å². The maximum Gasteiger partial charge on any atom is 0.0686 e. The maximum atomic E-state index is 6.11. The standard InChI is InChI=1S/C19H27NO/c1-20-18(16-7-6-14-4-2-5-15(14)12-16)17-8-11-21-19(13-17)9-3-10-19/h6-7,12,17-18,20H,2-5,8-11,13H2,1H3. The van der Waals surface area contributed by atoms with Crippen molar-refractivity contribution in [2.75, 3.05) is 13.7 Å². The van der Waals surface area contributed by atoms with Gasteiger partial charge in [-0.3, -0.25) is 0 Å². The van der Waals surface area contributed by atoms with Gasteiger partial charge in [0.05, 0.1) is 5.60 Å². The highest BCUT2D eigenvalue weighted by molar-refractivity contribution is 5.36. The van der Waals surface area contributed by atoms with Gasteiger partial charge in [0.2, 0.25) is 0 Å². The van der Waals surface area contributed by atoms with Gasteiger partial charge >= 0.3 is 0 Å². The van der Waals surface area contributed by atoms with Crippen LogP contribution < -0.4 is 5.32 Å². The van der Waals surface area contributed by atoms with E-state index in [0.29, 0.717) is 6.04 Å². The smallest absolute Gasteiger partial charge is 0.0686 e. The van der Waals surface area contributed by atoms with Crippen LogP contribution in [0.1, 0.15) is 61.3 Å². The summed E-state index contributed by atoms with van der Waals surface area (Å²) in [5.41, 5.74) is 4.92. The fourth-order valence-electron chi connectivity index (χ4n) is 4.73. The van der Waals surface area contributed by atoms with Crippen molar-refractivity contribution >= 4 is 0 Å². The fraction of sp³-hybridized carbons (Fsp3) is 0.684. The summed E-state index contributed by atoms with van der Waals surface area (Å²) >= 11 is 0. The molecule has 1 saturated carbocycles. The molecule has 1 aromatic rings. The molecule has 1 spiro atoms. The SMILES string of the molecule is CNC(c1ccc2c(c1)CCC2)C1CCOC2(CCC2)C1. The molecule has 0 bridgehead atoms. The van der Waals surface area contributed by atoms with Crippen molar-refractivity contribution in [3.63, 3.8) is 0 Å². The summed E-state index contributed by atoms with van der Waals surface area (Å²) in [4.78, 5) is 0. The Labute approximate surface area is 128 Å². The zero-order chi connectivity index (χ0) is 14.3. The predicted octanol–water partition coefficient (Wildman–Crippen LogP) is 3.79. The second-order valence-electron chi connectivity index (χ2n) is 7.29. The number of aryl methyl sites for hydroxylation is 2. The van der Waals surface area contributed by atoms with Gasteiger partial charge in [-0.2, -0.15) is 0 Å². The lowest BCUT2D eigenvalue weighted by atomic mass is 9.69. The molecule has 1 saturated heterocycles. The maximum absolute atomic E-state index is 6.11. The molecule has 0 amide bonds. The van der Waals surface area contributed by atoms with Gasteiger partial charge in [-0.25, -0.2) is 0 Å². The molecule has 2 unspecified atom stereocenters. The van der Waals surface area contributed by atoms with Crippen LogP contribution in [0, 0.1) is 5.92 Å². The van der Waals surface area contributed by atoms with Crippen LogP contribution in [0.5, 0.6) is 0 Å². The van der Waals surface area contributed by atoms with Gasteiger partial charge in [-0.05, 0) is 81.0 Å². The first-order valence-electron chi connectivity index (χ1n) is 8.73. The second kappa shape index (κ2) is 5.40. The Kier molecular flexibility index (Phi) is 3.55. The van der Waals surface area contributed by atoms with Crippen LogP contribution >= 0.6 is 0 Å². The molecular formula is C19H27NO. The molecule has 4 rings (SSSR count). The third kappa shape index (κ3) is 2.43. The lowest BCUT2D eigenvalue weighted by molar-refractivity contribution is -0.147. The molecule has 2 nitrogen and oxygen atoms in total. The van der Waals surface area contributed by atoms with Crippen LogP contribution in [-0.2, 0) is 17.6 Å². The molecule has 1 aromatic carbocycles. The van der Waals surface area contributed by atoms with E-state index in [1.807, 2.05) is 0 Å². The second-order valence-corrected chi connectivity index (χ2v) is 7.29. The molecule has 21 heavy (non-hydrogen) atoms. The van der Waals surface area contributed by atoms with Crippen LogP contribution in [0.2, 0.25) is 0 Å². The average Bonchev–Trinajstić information content (AvgIpc) is 2.94. The van der Waals surface area contributed by atoms with Crippen LogP contribution in [0.4, 0.5) is 0 Å². The molecule has 2 heteroatoms. The van der Waals surface area contributed by atoms with Crippen molar-refractivity contribution in [3.8, 4) is 0 Å². The summed E-state index contributed by atoms with van der Waals surface area (Å²) in [6, 6.07) is 7.72. The number of benzene rings is 1. The van der Waals surface area contributed by atoms with E-state index in [1.165, 1.54) is 56.9 Å². The molecule has 1 N–H and O–H groups in total. The molecule has 2 aliphatic carbocycles. The third-order valence-electron chi connectivity index (χ3n) is 6.06. The van der Waals surface area contributed by atoms with Crippen molar-refractivity contribution in [2.24, 2.45) is 5.92 Å². The quantitative estimate of drug-likeness (QED) is 0.912. The van der Waals surface area contributed by atoms with Crippen LogP contribution in [0.3, 0.4) is 0 Å². The number of nitrogens with one attached hydrogen (secondary N) is 1. The Balaban J connectivity index is 1.56. The Morgan fingerprint density at radius 1 is 1.19 bits per heavy atom. The molecule has 1 heterocycles. The first-order valence-corrected chi connectivity index (χ1v) is 8.73. The van der Waals surface area contributed by atoms with Crippen molar-refractivity contribution in [1.82, 2.24) is 5.32 Å². The molecule has 0 aromatic heterocycles. The first-order chi connectivity index (χ1) is 10.3. The summed E-state index contributed by atoms with van der Waals surface area (Å²) in [7, 11) is 2.13. The van der Waals surface area contributed by atoms with E-state index in [2.05, 4.69) is 30.6 Å². The Bertz CT molecular complexity index is 520. The summed E-state index contributed by atoms with van der Waals surface area (Å²) in [6.45, 7) is 0.952. The molecule has 0 radical (unpaired) electrons. The van der Waals surface area contributed by atoms with Gasteiger partial charge in [0.15, 0.2) is 0 Å². The highest BCUT2D eigenvalue weighted by Crippen LogP contribution is 2.47. The molecule has 3 aliphatic rings. The highest BCUT2D eigenvalue weighted by Gasteiger charge is 2.44. The minimum Gasteiger partial charge on any atom is -0.375 e. The first kappa shape index (κ1) is 13.8. The van der Waals surface area contributed by atoms with Crippen molar-refractivity contribution in [1.29, 1.82) is 0 Å². The van der Waals surface area contributed by atoms with E-state index >= 15 is 0 Å². The lowest BCUT2D eigenvalue weighted by Gasteiger charge is -2.48. The summed E-state index contributed by atoms with van der Waals surface area (Å²) in [5, 5.41) is 3.61. The average molecular weight is 285 g/mol. The van der Waals surface area contributed by atoms with E-state index in [0.717, 1.165) is 12.5 Å². The molecule has 2 fully saturated rings. The number of rotatable bonds is 3. The number of hydrogen-bond donors (Lipinski definition) is 1. The minimum atomic E-state index is 0.245. The van der Waals surface area contributed by atoms with Crippen LogP contribution in [0.25, 0.3) is 0 Å². The number of ether oxygens (including phenoxy) is 1. The topological polar surface area (TPSA) is 21.3 Å². The fourth-order valence-corrected chi connectivity index (χ4v) is 4.73. The van der Waals surface area contributed by atoms with Crippen LogP contribution in [-0.4, -0.2) is 19.3 Å². The number of fused-ring (bicyclic) bond motifs is 1. The van der Waals surface area contributed by atoms with Gasteiger partial charge in [0, 0.05) is 12.6 Å². The van der Waals surface area contributed by atoms with Gasteiger partial charge in [-0.15, -0.1) is 0 Å². The molecule has 1 aliphatic heterocycles. The third-order valence-corrected chi connectivity index (χ3v) is 6.06. The summed E-state index contributed by atoms with van der Waals surface area (Å²) < 4.78 is 6.11. The Morgan fingerprint density at radius 3 is 2.81 bits per heavy atom. The van der Waals surface area contributed by atoms with E-state index in [1.54, 1.807) is 11.1 Å². The van der Waals surface area contributed by atoms with E-state index in [4.69, 9.17) is 4.74 Å². The van der Waals surface area contributed by atoms with E-state index < -0.39 is 0 Å². The van der Waals surface area contributed by atoms with Gasteiger partial charge in [0.1, 0.15) is 0 Å². The Hall–Kier alpha value is -0.860.